The summed E-state index contributed by atoms with van der Waals surface area (Å²) < 4.78 is 0. The molecule has 0 radical (unpaired) electrons. The number of hydrogen-bond acceptors (Lipinski definition) is 4. The standard InChI is InChI=1S/C7H6O5.Al.Mg.5H/c8-4-1-3(7(11)12)2-5(9)6(4)10;;;;;;;/h1-2,8-10H,(H,11,12);;;;;;;. The summed E-state index contributed by atoms with van der Waals surface area (Å²) in [5, 5.41) is 35.0. The van der Waals surface area contributed by atoms with Crippen molar-refractivity contribution in [3.05, 3.63) is 17.7 Å². The van der Waals surface area contributed by atoms with Gasteiger partial charge in [0, 0.05) is 0 Å². The first-order valence-electron chi connectivity index (χ1n) is 3.00. The van der Waals surface area contributed by atoms with E-state index >= 15 is 0 Å². The van der Waals surface area contributed by atoms with Gasteiger partial charge in [-0.05, 0) is 12.1 Å². The summed E-state index contributed by atoms with van der Waals surface area (Å²) in [5.41, 5.74) is -0.289. The molecule has 1 aromatic rings. The molecule has 7 heteroatoms. The van der Waals surface area contributed by atoms with Crippen LogP contribution >= 0.6 is 0 Å². The van der Waals surface area contributed by atoms with E-state index in [0.717, 1.165) is 12.1 Å². The SMILES string of the molecule is O=C(O)c1cc(O)c(O)c(O)c1.[AlH3].[MgH2]. The first-order valence-corrected chi connectivity index (χ1v) is 3.00. The fraction of sp³-hybridized carbons (Fsp3) is 0. The number of benzene rings is 1. The molecule has 0 aliphatic heterocycles. The second-order valence-electron chi connectivity index (χ2n) is 2.17. The van der Waals surface area contributed by atoms with E-state index in [1.807, 2.05) is 0 Å². The Morgan fingerprint density at radius 1 is 1.07 bits per heavy atom. The van der Waals surface area contributed by atoms with Crippen molar-refractivity contribution in [1.82, 2.24) is 0 Å². The highest BCUT2D eigenvalue weighted by molar-refractivity contribution is 5.89. The number of carboxylic acids is 1. The topological polar surface area (TPSA) is 98.0 Å². The first-order chi connectivity index (χ1) is 5.52. The van der Waals surface area contributed by atoms with Crippen molar-refractivity contribution < 1.29 is 25.2 Å². The van der Waals surface area contributed by atoms with E-state index in [1.54, 1.807) is 0 Å². The molecule has 14 heavy (non-hydrogen) atoms. The van der Waals surface area contributed by atoms with Gasteiger partial charge in [-0.1, -0.05) is 0 Å². The van der Waals surface area contributed by atoms with Gasteiger partial charge in [0.15, 0.2) is 34.6 Å². The summed E-state index contributed by atoms with van der Waals surface area (Å²) in [4.78, 5) is 10.3. The smallest absolute Gasteiger partial charge is 0.335 e. The Bertz CT molecular complexity index is 318. The second-order valence-corrected chi connectivity index (χ2v) is 2.17. The summed E-state index contributed by atoms with van der Waals surface area (Å²) in [7, 11) is 0. The Morgan fingerprint density at radius 2 is 1.43 bits per heavy atom. The van der Waals surface area contributed by atoms with Crippen LogP contribution in [-0.4, -0.2) is 66.8 Å². The van der Waals surface area contributed by atoms with Gasteiger partial charge in [0.1, 0.15) is 0 Å². The molecule has 0 fully saturated rings. The lowest BCUT2D eigenvalue weighted by molar-refractivity contribution is 0.0696. The molecule has 0 heterocycles. The molecule has 0 spiro atoms. The lowest BCUT2D eigenvalue weighted by atomic mass is 10.2. The van der Waals surface area contributed by atoms with Gasteiger partial charge in [-0.15, -0.1) is 0 Å². The average molecular weight is 226 g/mol. The van der Waals surface area contributed by atoms with Crippen LogP contribution in [0.3, 0.4) is 0 Å². The monoisotopic (exact) mass is 226 g/mol. The third kappa shape index (κ3) is 3.27. The van der Waals surface area contributed by atoms with Crippen LogP contribution in [0.4, 0.5) is 0 Å². The van der Waals surface area contributed by atoms with Gasteiger partial charge in [0.05, 0.1) is 5.56 Å². The minimum Gasteiger partial charge on any atom is -0.504 e. The molecule has 0 saturated carbocycles. The molecular formula is C7H11AlMgO5. The molecule has 0 bridgehead atoms. The third-order valence-corrected chi connectivity index (χ3v) is 1.32. The van der Waals surface area contributed by atoms with E-state index in [-0.39, 0.29) is 46.0 Å². The largest absolute Gasteiger partial charge is 0.504 e. The number of aromatic carboxylic acids is 1. The van der Waals surface area contributed by atoms with Gasteiger partial charge in [-0.25, -0.2) is 4.79 Å². The van der Waals surface area contributed by atoms with Crippen LogP contribution in [-0.2, 0) is 0 Å². The summed E-state index contributed by atoms with van der Waals surface area (Å²) in [6.45, 7) is 0. The lowest BCUT2D eigenvalue weighted by Crippen LogP contribution is -1.95. The minimum absolute atomic E-state index is 0. The lowest BCUT2D eigenvalue weighted by Gasteiger charge is -2.01. The summed E-state index contributed by atoms with van der Waals surface area (Å²) in [6, 6.07) is 1.69. The molecule has 0 atom stereocenters. The fourth-order valence-electron chi connectivity index (χ4n) is 0.728. The van der Waals surface area contributed by atoms with Gasteiger partial charge in [-0.2, -0.15) is 0 Å². The van der Waals surface area contributed by atoms with Crippen LogP contribution in [0.2, 0.25) is 0 Å². The predicted molar refractivity (Wildman–Crippen MR) is 56.9 cm³/mol. The number of aromatic hydroxyl groups is 3. The van der Waals surface area contributed by atoms with Crippen LogP contribution in [0.25, 0.3) is 0 Å². The van der Waals surface area contributed by atoms with Gasteiger partial charge in [0.25, 0.3) is 0 Å². The Labute approximate surface area is 106 Å². The summed E-state index contributed by atoms with van der Waals surface area (Å²) in [6.07, 6.45) is 0. The van der Waals surface area contributed by atoms with E-state index in [9.17, 15) is 4.79 Å². The highest BCUT2D eigenvalue weighted by atomic mass is 27.0. The molecular weight excluding hydrogens is 215 g/mol. The molecule has 4 N–H and O–H groups in total. The molecule has 0 amide bonds. The molecule has 0 unspecified atom stereocenters. The third-order valence-electron chi connectivity index (χ3n) is 1.32. The zero-order valence-electron chi connectivity index (χ0n) is 5.85. The Kier molecular flexibility index (Phi) is 6.77. The molecule has 74 valence electrons. The van der Waals surface area contributed by atoms with Crippen LogP contribution in [0.15, 0.2) is 12.1 Å². The first kappa shape index (κ1) is 15.8. The molecule has 0 aliphatic rings. The zero-order chi connectivity index (χ0) is 9.30. The number of phenols is 3. The number of rotatable bonds is 1. The maximum absolute atomic E-state index is 10.3. The van der Waals surface area contributed by atoms with Crippen molar-refractivity contribution in [2.75, 3.05) is 0 Å². The van der Waals surface area contributed by atoms with Gasteiger partial charge < -0.3 is 20.4 Å². The van der Waals surface area contributed by atoms with E-state index in [2.05, 4.69) is 0 Å². The Balaban J connectivity index is 0. The van der Waals surface area contributed by atoms with Gasteiger partial charge in [0.2, 0.25) is 0 Å². The van der Waals surface area contributed by atoms with Crippen molar-refractivity contribution in [2.45, 2.75) is 0 Å². The normalized spacial score (nSPS) is 8.29. The van der Waals surface area contributed by atoms with Crippen molar-refractivity contribution in [2.24, 2.45) is 0 Å². The van der Waals surface area contributed by atoms with Crippen LogP contribution < -0.4 is 0 Å². The Morgan fingerprint density at radius 3 is 1.71 bits per heavy atom. The highest BCUT2D eigenvalue weighted by Crippen LogP contribution is 2.35. The van der Waals surface area contributed by atoms with E-state index in [1.165, 1.54) is 0 Å². The van der Waals surface area contributed by atoms with Crippen molar-refractivity contribution in [3.8, 4) is 17.2 Å². The quantitative estimate of drug-likeness (QED) is 0.342. The molecule has 0 aliphatic carbocycles. The molecule has 0 saturated heterocycles. The average Bonchev–Trinajstić information content (AvgIpc) is 1.99. The molecule has 5 nitrogen and oxygen atoms in total. The van der Waals surface area contributed by atoms with E-state index < -0.39 is 23.2 Å². The molecule has 1 aromatic carbocycles. The van der Waals surface area contributed by atoms with E-state index in [0.29, 0.717) is 0 Å². The van der Waals surface area contributed by atoms with Gasteiger partial charge >= 0.3 is 29.0 Å². The molecule has 0 aromatic heterocycles. The fourth-order valence-corrected chi connectivity index (χ4v) is 0.728. The predicted octanol–water partition coefficient (Wildman–Crippen LogP) is -1.60. The zero-order valence-corrected chi connectivity index (χ0v) is 5.85. The maximum atomic E-state index is 10.3. The van der Waals surface area contributed by atoms with E-state index in [4.69, 9.17) is 20.4 Å². The molecule has 1 rings (SSSR count). The van der Waals surface area contributed by atoms with Crippen LogP contribution in [0.1, 0.15) is 10.4 Å². The summed E-state index contributed by atoms with van der Waals surface area (Å²) in [5.74, 6) is -3.33. The van der Waals surface area contributed by atoms with Gasteiger partial charge in [-0.3, -0.25) is 0 Å². The van der Waals surface area contributed by atoms with Crippen molar-refractivity contribution in [1.29, 1.82) is 0 Å². The number of hydrogen-bond donors (Lipinski definition) is 4. The highest BCUT2D eigenvalue weighted by Gasteiger charge is 2.11. The van der Waals surface area contributed by atoms with Crippen molar-refractivity contribution in [3.63, 3.8) is 0 Å². The van der Waals surface area contributed by atoms with Crippen molar-refractivity contribution >= 4 is 46.4 Å². The second kappa shape index (κ2) is 5.98. The van der Waals surface area contributed by atoms with Crippen LogP contribution in [0.5, 0.6) is 17.2 Å². The summed E-state index contributed by atoms with van der Waals surface area (Å²) >= 11 is 0. The number of carboxylic acid groups (broad SMARTS) is 1. The minimum atomic E-state index is -1.29. The number of carbonyl (C=O) groups is 1. The Hall–Kier alpha value is -0.611. The van der Waals surface area contributed by atoms with Crippen LogP contribution in [0, 0.1) is 0 Å². The number of phenolic OH excluding ortho intramolecular Hbond substituents is 3. The maximum Gasteiger partial charge on any atom is 0.335 e.